The van der Waals surface area contributed by atoms with Gasteiger partial charge in [-0.15, -0.1) is 0 Å². The molecule has 0 aromatic heterocycles. The van der Waals surface area contributed by atoms with E-state index in [-0.39, 0.29) is 5.41 Å². The van der Waals surface area contributed by atoms with Gasteiger partial charge in [-0.2, -0.15) is 0 Å². The highest BCUT2D eigenvalue weighted by Crippen LogP contribution is 2.61. The number of ketones is 1. The van der Waals surface area contributed by atoms with Gasteiger partial charge in [0, 0.05) is 17.0 Å². The summed E-state index contributed by atoms with van der Waals surface area (Å²) in [4.78, 5) is 13.6. The summed E-state index contributed by atoms with van der Waals surface area (Å²) in [5.74, 6) is 3.51. The van der Waals surface area contributed by atoms with Crippen molar-refractivity contribution in [1.29, 1.82) is 0 Å². The van der Waals surface area contributed by atoms with Gasteiger partial charge in [-0.25, -0.2) is 0 Å². The van der Waals surface area contributed by atoms with Gasteiger partial charge in [0.1, 0.15) is 17.2 Å². The fourth-order valence-corrected chi connectivity index (χ4v) is 6.49. The lowest BCUT2D eigenvalue weighted by Crippen LogP contribution is -2.42. The number of rotatable bonds is 3. The van der Waals surface area contributed by atoms with E-state index in [1.807, 2.05) is 36.4 Å². The smallest absolute Gasteiger partial charge is 0.165 e. The van der Waals surface area contributed by atoms with E-state index in [1.54, 1.807) is 14.2 Å². The standard InChI is InChI=1S/C27H30O4/c1-27-11-10-22-21-9-6-19(28)13-16(21)5-8-23(22)24(27)14-18(26(27)29)12-17-4-7-20(30-2)15-25(17)31-3/h4,6-7,9,12-13,15,22-24,28H,5,8,10-11,14H2,1-3H3/b18-12-. The van der Waals surface area contributed by atoms with Crippen molar-refractivity contribution in [2.75, 3.05) is 14.2 Å². The summed E-state index contributed by atoms with van der Waals surface area (Å²) in [6.45, 7) is 2.19. The molecule has 4 unspecified atom stereocenters. The van der Waals surface area contributed by atoms with Crippen LogP contribution in [0.25, 0.3) is 6.08 Å². The molecule has 0 amide bonds. The lowest BCUT2D eigenvalue weighted by atomic mass is 9.55. The van der Waals surface area contributed by atoms with Gasteiger partial charge >= 0.3 is 0 Å². The maximum atomic E-state index is 13.6. The number of phenolic OH excluding ortho intramolecular Hbond substituents is 1. The minimum absolute atomic E-state index is 0.277. The predicted molar refractivity (Wildman–Crippen MR) is 121 cm³/mol. The highest BCUT2D eigenvalue weighted by atomic mass is 16.5. The van der Waals surface area contributed by atoms with Crippen LogP contribution in [0.4, 0.5) is 0 Å². The number of allylic oxidation sites excluding steroid dienone is 1. The highest BCUT2D eigenvalue weighted by molar-refractivity contribution is 6.06. The Morgan fingerprint density at radius 1 is 1.10 bits per heavy atom. The molecule has 31 heavy (non-hydrogen) atoms. The van der Waals surface area contributed by atoms with Crippen molar-refractivity contribution in [1.82, 2.24) is 0 Å². The molecule has 2 aromatic carbocycles. The van der Waals surface area contributed by atoms with Crippen LogP contribution in [0.1, 0.15) is 55.2 Å². The summed E-state index contributed by atoms with van der Waals surface area (Å²) >= 11 is 0. The van der Waals surface area contributed by atoms with E-state index in [0.717, 1.165) is 54.7 Å². The summed E-state index contributed by atoms with van der Waals surface area (Å²) in [5.41, 5.74) is 4.25. The van der Waals surface area contributed by atoms with Crippen LogP contribution in [-0.4, -0.2) is 25.1 Å². The second-order valence-corrected chi connectivity index (χ2v) is 9.57. The Morgan fingerprint density at radius 3 is 2.71 bits per heavy atom. The number of hydrogen-bond acceptors (Lipinski definition) is 4. The number of carbonyl (C=O) groups excluding carboxylic acids is 1. The minimum Gasteiger partial charge on any atom is -0.508 e. The van der Waals surface area contributed by atoms with E-state index in [1.165, 1.54) is 11.1 Å². The van der Waals surface area contributed by atoms with Crippen molar-refractivity contribution < 1.29 is 19.4 Å². The highest BCUT2D eigenvalue weighted by Gasteiger charge is 2.56. The lowest BCUT2D eigenvalue weighted by Gasteiger charge is -2.48. The molecule has 4 heteroatoms. The number of benzene rings is 2. The van der Waals surface area contributed by atoms with Gasteiger partial charge in [-0.3, -0.25) is 4.79 Å². The van der Waals surface area contributed by atoms with E-state index in [0.29, 0.717) is 29.3 Å². The van der Waals surface area contributed by atoms with Crippen LogP contribution >= 0.6 is 0 Å². The molecule has 0 heterocycles. The number of methoxy groups -OCH3 is 2. The number of ether oxygens (including phenoxy) is 2. The molecule has 0 bridgehead atoms. The second kappa shape index (κ2) is 7.44. The molecule has 0 aliphatic heterocycles. The zero-order valence-corrected chi connectivity index (χ0v) is 18.5. The summed E-state index contributed by atoms with van der Waals surface area (Å²) < 4.78 is 10.9. The maximum absolute atomic E-state index is 13.6. The van der Waals surface area contributed by atoms with Crippen molar-refractivity contribution in [3.05, 3.63) is 58.7 Å². The van der Waals surface area contributed by atoms with E-state index in [2.05, 4.69) is 13.0 Å². The second-order valence-electron chi connectivity index (χ2n) is 9.57. The maximum Gasteiger partial charge on any atom is 0.165 e. The van der Waals surface area contributed by atoms with E-state index in [9.17, 15) is 9.90 Å². The number of Topliss-reactive ketones (excluding diaryl/α,β-unsaturated/α-hetero) is 1. The van der Waals surface area contributed by atoms with Crippen LogP contribution in [0.15, 0.2) is 42.0 Å². The average Bonchev–Trinajstić information content (AvgIpc) is 3.04. The van der Waals surface area contributed by atoms with Crippen molar-refractivity contribution >= 4 is 11.9 Å². The molecule has 5 rings (SSSR count). The summed E-state index contributed by atoms with van der Waals surface area (Å²) in [5, 5.41) is 9.89. The first-order valence-corrected chi connectivity index (χ1v) is 11.2. The van der Waals surface area contributed by atoms with Crippen LogP contribution in [0.5, 0.6) is 17.2 Å². The molecule has 4 nitrogen and oxygen atoms in total. The van der Waals surface area contributed by atoms with Gasteiger partial charge in [-0.1, -0.05) is 13.0 Å². The third-order valence-corrected chi connectivity index (χ3v) is 8.12. The average molecular weight is 419 g/mol. The summed E-state index contributed by atoms with van der Waals surface area (Å²) in [6, 6.07) is 11.6. The number of aromatic hydroxyl groups is 1. The first kappa shape index (κ1) is 20.2. The van der Waals surface area contributed by atoms with E-state index >= 15 is 0 Å². The van der Waals surface area contributed by atoms with Crippen LogP contribution in [0.3, 0.4) is 0 Å². The molecule has 2 aromatic rings. The number of phenols is 1. The molecule has 0 saturated heterocycles. The van der Waals surface area contributed by atoms with Crippen molar-refractivity contribution in [3.8, 4) is 17.2 Å². The van der Waals surface area contributed by atoms with Crippen LogP contribution in [0.2, 0.25) is 0 Å². The lowest BCUT2D eigenvalue weighted by molar-refractivity contribution is -0.127. The first-order valence-electron chi connectivity index (χ1n) is 11.2. The Balaban J connectivity index is 1.48. The van der Waals surface area contributed by atoms with Gasteiger partial charge in [-0.05, 0) is 96.9 Å². The molecule has 162 valence electrons. The first-order chi connectivity index (χ1) is 14.9. The van der Waals surface area contributed by atoms with Crippen molar-refractivity contribution in [2.24, 2.45) is 17.3 Å². The largest absolute Gasteiger partial charge is 0.508 e. The Hall–Kier alpha value is -2.75. The number of fused-ring (bicyclic) bond motifs is 5. The Labute approximate surface area is 183 Å². The third-order valence-electron chi connectivity index (χ3n) is 8.12. The number of hydrogen-bond donors (Lipinski definition) is 1. The normalized spacial score (nSPS) is 30.5. The fraction of sp³-hybridized carbons (Fsp3) is 0.444. The van der Waals surface area contributed by atoms with E-state index < -0.39 is 0 Å². The monoisotopic (exact) mass is 418 g/mol. The number of carbonyl (C=O) groups is 1. The molecule has 3 aliphatic rings. The van der Waals surface area contributed by atoms with Crippen LogP contribution in [-0.2, 0) is 11.2 Å². The Bertz CT molecular complexity index is 1070. The molecule has 0 spiro atoms. The van der Waals surface area contributed by atoms with Gasteiger partial charge in [0.05, 0.1) is 14.2 Å². The van der Waals surface area contributed by atoms with Gasteiger partial charge in [0.2, 0.25) is 0 Å². The Morgan fingerprint density at radius 2 is 1.94 bits per heavy atom. The fourth-order valence-electron chi connectivity index (χ4n) is 6.49. The minimum atomic E-state index is -0.277. The molecule has 2 fully saturated rings. The van der Waals surface area contributed by atoms with Crippen LogP contribution < -0.4 is 9.47 Å². The molecule has 4 atom stereocenters. The van der Waals surface area contributed by atoms with Crippen molar-refractivity contribution in [3.63, 3.8) is 0 Å². The topological polar surface area (TPSA) is 55.8 Å². The quantitative estimate of drug-likeness (QED) is 0.666. The SMILES string of the molecule is COc1ccc(/C=C2/CC3C4CCc5cc(O)ccc5C4CCC3(C)C2=O)c(OC)c1. The molecule has 0 radical (unpaired) electrons. The summed E-state index contributed by atoms with van der Waals surface area (Å²) in [7, 11) is 3.29. The van der Waals surface area contributed by atoms with Gasteiger partial charge in [0.25, 0.3) is 0 Å². The van der Waals surface area contributed by atoms with Crippen LogP contribution in [0, 0.1) is 17.3 Å². The number of aryl methyl sites for hydroxylation is 1. The zero-order chi connectivity index (χ0) is 21.8. The zero-order valence-electron chi connectivity index (χ0n) is 18.5. The predicted octanol–water partition coefficient (Wildman–Crippen LogP) is 5.53. The van der Waals surface area contributed by atoms with E-state index in [4.69, 9.17) is 9.47 Å². The summed E-state index contributed by atoms with van der Waals surface area (Å²) in [6.07, 6.45) is 6.91. The van der Waals surface area contributed by atoms with Crippen molar-refractivity contribution in [2.45, 2.75) is 44.9 Å². The van der Waals surface area contributed by atoms with Gasteiger partial charge in [0.15, 0.2) is 5.78 Å². The molecule has 1 N–H and O–H groups in total. The molecule has 3 aliphatic carbocycles. The molecular formula is C27H30O4. The van der Waals surface area contributed by atoms with Gasteiger partial charge < -0.3 is 14.6 Å². The molecular weight excluding hydrogens is 388 g/mol. The Kier molecular flexibility index (Phi) is 4.84. The third kappa shape index (κ3) is 3.15. The molecule has 2 saturated carbocycles.